The molecule has 0 saturated heterocycles. The molecule has 0 spiro atoms. The van der Waals surface area contributed by atoms with E-state index in [-0.39, 0.29) is 6.61 Å². The van der Waals surface area contributed by atoms with Crippen LogP contribution in [0.15, 0.2) is 0 Å². The highest BCUT2D eigenvalue weighted by Gasteiger charge is 2.26. The third-order valence-electron chi connectivity index (χ3n) is 1.90. The Labute approximate surface area is 103 Å². The predicted molar refractivity (Wildman–Crippen MR) is 62.0 cm³/mol. The Bertz CT molecular complexity index is 155. The summed E-state index contributed by atoms with van der Waals surface area (Å²) >= 11 is 3.35. The highest BCUT2D eigenvalue weighted by molar-refractivity contribution is 9.09. The molecular formula is C10H19BrF3NO. The van der Waals surface area contributed by atoms with Crippen molar-refractivity contribution in [2.75, 3.05) is 31.6 Å². The zero-order chi connectivity index (χ0) is 12.3. The minimum absolute atomic E-state index is 0.161. The van der Waals surface area contributed by atoms with Crippen molar-refractivity contribution in [1.29, 1.82) is 0 Å². The van der Waals surface area contributed by atoms with Gasteiger partial charge in [-0.15, -0.1) is 0 Å². The lowest BCUT2D eigenvalue weighted by Gasteiger charge is -2.08. The Morgan fingerprint density at radius 3 is 2.31 bits per heavy atom. The number of hydrogen-bond donors (Lipinski definition) is 1. The van der Waals surface area contributed by atoms with Crippen molar-refractivity contribution in [3.05, 3.63) is 0 Å². The van der Waals surface area contributed by atoms with Gasteiger partial charge in [-0.05, 0) is 32.4 Å². The normalized spacial score (nSPS) is 12.0. The SMILES string of the molecule is FC(F)(F)COCCCNCCCCCBr. The third kappa shape index (κ3) is 14.2. The Kier molecular flexibility index (Phi) is 10.5. The van der Waals surface area contributed by atoms with Gasteiger partial charge < -0.3 is 10.1 Å². The summed E-state index contributed by atoms with van der Waals surface area (Å²) in [4.78, 5) is 0. The zero-order valence-corrected chi connectivity index (χ0v) is 10.9. The van der Waals surface area contributed by atoms with Crippen LogP contribution in [0.1, 0.15) is 25.7 Å². The van der Waals surface area contributed by atoms with Gasteiger partial charge in [-0.3, -0.25) is 0 Å². The molecule has 0 aromatic heterocycles. The number of halogens is 4. The molecule has 2 nitrogen and oxygen atoms in total. The van der Waals surface area contributed by atoms with E-state index < -0.39 is 12.8 Å². The number of rotatable bonds is 10. The molecule has 0 radical (unpaired) electrons. The van der Waals surface area contributed by atoms with Crippen LogP contribution in [-0.4, -0.2) is 37.8 Å². The van der Waals surface area contributed by atoms with Crippen molar-refractivity contribution in [2.45, 2.75) is 31.9 Å². The summed E-state index contributed by atoms with van der Waals surface area (Å²) in [5.74, 6) is 0. The second kappa shape index (κ2) is 10.4. The molecule has 0 saturated carbocycles. The van der Waals surface area contributed by atoms with E-state index in [4.69, 9.17) is 0 Å². The average Bonchev–Trinajstić information content (AvgIpc) is 2.19. The van der Waals surface area contributed by atoms with Gasteiger partial charge in [0.15, 0.2) is 0 Å². The molecule has 0 aliphatic carbocycles. The molecule has 0 aliphatic rings. The van der Waals surface area contributed by atoms with Gasteiger partial charge in [0.2, 0.25) is 0 Å². The molecule has 0 atom stereocenters. The fourth-order valence-corrected chi connectivity index (χ4v) is 1.53. The molecule has 0 rings (SSSR count). The molecule has 0 amide bonds. The topological polar surface area (TPSA) is 21.3 Å². The van der Waals surface area contributed by atoms with Crippen molar-refractivity contribution in [2.24, 2.45) is 0 Å². The van der Waals surface area contributed by atoms with Gasteiger partial charge in [-0.2, -0.15) is 13.2 Å². The van der Waals surface area contributed by atoms with Crippen LogP contribution < -0.4 is 5.32 Å². The van der Waals surface area contributed by atoms with E-state index in [1.54, 1.807) is 0 Å². The maximum absolute atomic E-state index is 11.7. The molecule has 16 heavy (non-hydrogen) atoms. The minimum Gasteiger partial charge on any atom is -0.372 e. The molecule has 0 fully saturated rings. The summed E-state index contributed by atoms with van der Waals surface area (Å²) in [6, 6.07) is 0. The number of ether oxygens (including phenoxy) is 1. The number of alkyl halides is 4. The standard InChI is InChI=1S/C10H19BrF3NO/c11-5-2-1-3-6-15-7-4-8-16-9-10(12,13)14/h15H,1-9H2. The maximum atomic E-state index is 11.7. The summed E-state index contributed by atoms with van der Waals surface area (Å²) in [5.41, 5.74) is 0. The molecule has 98 valence electrons. The van der Waals surface area contributed by atoms with Crippen molar-refractivity contribution >= 4 is 15.9 Å². The Hall–Kier alpha value is 0.190. The fourth-order valence-electron chi connectivity index (χ4n) is 1.13. The molecular weight excluding hydrogens is 287 g/mol. The summed E-state index contributed by atoms with van der Waals surface area (Å²) in [6.07, 6.45) is -0.147. The lowest BCUT2D eigenvalue weighted by molar-refractivity contribution is -0.173. The third-order valence-corrected chi connectivity index (χ3v) is 2.46. The minimum atomic E-state index is -4.21. The second-order valence-corrected chi connectivity index (χ2v) is 4.31. The average molecular weight is 306 g/mol. The van der Waals surface area contributed by atoms with E-state index in [9.17, 15) is 13.2 Å². The number of nitrogens with one attached hydrogen (secondary N) is 1. The van der Waals surface area contributed by atoms with E-state index in [2.05, 4.69) is 26.0 Å². The van der Waals surface area contributed by atoms with Crippen LogP contribution in [0.2, 0.25) is 0 Å². The van der Waals surface area contributed by atoms with E-state index in [0.717, 1.165) is 24.7 Å². The first-order valence-corrected chi connectivity index (χ1v) is 6.59. The Balaban J connectivity index is 2.99. The number of unbranched alkanes of at least 4 members (excludes halogenated alkanes) is 2. The molecule has 0 bridgehead atoms. The molecule has 6 heteroatoms. The van der Waals surface area contributed by atoms with E-state index in [1.807, 2.05) is 0 Å². The van der Waals surface area contributed by atoms with E-state index >= 15 is 0 Å². The first kappa shape index (κ1) is 16.2. The summed E-state index contributed by atoms with van der Waals surface area (Å²) < 4.78 is 39.5. The molecule has 0 aliphatic heterocycles. The Morgan fingerprint density at radius 1 is 1.00 bits per heavy atom. The van der Waals surface area contributed by atoms with Gasteiger partial charge in [0.05, 0.1) is 0 Å². The van der Waals surface area contributed by atoms with Crippen LogP contribution in [0.4, 0.5) is 13.2 Å². The summed E-state index contributed by atoms with van der Waals surface area (Å²) in [5, 5.41) is 4.19. The largest absolute Gasteiger partial charge is 0.411 e. The van der Waals surface area contributed by atoms with Gasteiger partial charge >= 0.3 is 6.18 Å². The van der Waals surface area contributed by atoms with Crippen LogP contribution in [0.25, 0.3) is 0 Å². The second-order valence-electron chi connectivity index (χ2n) is 3.52. The van der Waals surface area contributed by atoms with Crippen LogP contribution in [0, 0.1) is 0 Å². The summed E-state index contributed by atoms with van der Waals surface area (Å²) in [7, 11) is 0. The summed E-state index contributed by atoms with van der Waals surface area (Å²) in [6.45, 7) is 0.657. The zero-order valence-electron chi connectivity index (χ0n) is 9.28. The van der Waals surface area contributed by atoms with E-state index in [1.165, 1.54) is 6.42 Å². The first-order valence-electron chi connectivity index (χ1n) is 5.47. The predicted octanol–water partition coefficient (Wildman–Crippen LogP) is 3.11. The smallest absolute Gasteiger partial charge is 0.372 e. The van der Waals surface area contributed by atoms with Crippen LogP contribution in [0.5, 0.6) is 0 Å². The van der Waals surface area contributed by atoms with Gasteiger partial charge in [0.25, 0.3) is 0 Å². The monoisotopic (exact) mass is 305 g/mol. The van der Waals surface area contributed by atoms with Gasteiger partial charge in [0.1, 0.15) is 6.61 Å². The lowest BCUT2D eigenvalue weighted by atomic mass is 10.2. The van der Waals surface area contributed by atoms with Gasteiger partial charge in [-0.25, -0.2) is 0 Å². The van der Waals surface area contributed by atoms with Gasteiger partial charge in [-0.1, -0.05) is 22.4 Å². The first-order chi connectivity index (χ1) is 7.56. The Morgan fingerprint density at radius 2 is 1.69 bits per heavy atom. The molecule has 0 unspecified atom stereocenters. The van der Waals surface area contributed by atoms with E-state index in [0.29, 0.717) is 13.0 Å². The molecule has 0 aromatic rings. The van der Waals surface area contributed by atoms with Crippen LogP contribution in [-0.2, 0) is 4.74 Å². The van der Waals surface area contributed by atoms with Crippen LogP contribution >= 0.6 is 15.9 Å². The molecule has 0 aromatic carbocycles. The number of hydrogen-bond acceptors (Lipinski definition) is 2. The maximum Gasteiger partial charge on any atom is 0.411 e. The highest BCUT2D eigenvalue weighted by atomic mass is 79.9. The lowest BCUT2D eigenvalue weighted by Crippen LogP contribution is -2.21. The molecule has 0 heterocycles. The van der Waals surface area contributed by atoms with Crippen LogP contribution in [0.3, 0.4) is 0 Å². The van der Waals surface area contributed by atoms with Crippen molar-refractivity contribution < 1.29 is 17.9 Å². The van der Waals surface area contributed by atoms with Crippen molar-refractivity contribution in [1.82, 2.24) is 5.32 Å². The van der Waals surface area contributed by atoms with Gasteiger partial charge in [0, 0.05) is 11.9 Å². The highest BCUT2D eigenvalue weighted by Crippen LogP contribution is 2.14. The van der Waals surface area contributed by atoms with Crippen molar-refractivity contribution in [3.8, 4) is 0 Å². The van der Waals surface area contributed by atoms with Crippen molar-refractivity contribution in [3.63, 3.8) is 0 Å². The quantitative estimate of drug-likeness (QED) is 0.495. The fraction of sp³-hybridized carbons (Fsp3) is 1.00. The molecule has 1 N–H and O–H groups in total.